The van der Waals surface area contributed by atoms with Gasteiger partial charge in [-0.1, -0.05) is 0 Å². The van der Waals surface area contributed by atoms with Gasteiger partial charge in [0.05, 0.1) is 12.3 Å². The van der Waals surface area contributed by atoms with Crippen molar-refractivity contribution in [3.8, 4) is 0 Å². The lowest BCUT2D eigenvalue weighted by Gasteiger charge is -2.20. The van der Waals surface area contributed by atoms with Crippen LogP contribution in [0, 0.1) is 12.7 Å². The number of benzene rings is 1. The molecule has 0 spiro atoms. The van der Waals surface area contributed by atoms with E-state index < -0.39 is 0 Å². The van der Waals surface area contributed by atoms with Crippen LogP contribution in [0.4, 0.5) is 15.9 Å². The number of nitrogens with zero attached hydrogens (tertiary/aromatic N) is 3. The second kappa shape index (κ2) is 4.78. The van der Waals surface area contributed by atoms with E-state index in [0.29, 0.717) is 0 Å². The van der Waals surface area contributed by atoms with Crippen LogP contribution in [0.5, 0.6) is 0 Å². The number of rotatable bonds is 3. The van der Waals surface area contributed by atoms with Crippen molar-refractivity contribution in [2.45, 2.75) is 13.5 Å². The van der Waals surface area contributed by atoms with Crippen LogP contribution in [0.1, 0.15) is 11.3 Å². The Balaban J connectivity index is 2.45. The molecule has 1 aromatic carbocycles. The Morgan fingerprint density at radius 3 is 2.50 bits per heavy atom. The maximum absolute atomic E-state index is 12.9. The first kappa shape index (κ1) is 12.6. The van der Waals surface area contributed by atoms with Gasteiger partial charge in [0.15, 0.2) is 0 Å². The predicted molar refractivity (Wildman–Crippen MR) is 68.3 cm³/mol. The lowest BCUT2D eigenvalue weighted by atomic mass is 10.2. The highest BCUT2D eigenvalue weighted by Crippen LogP contribution is 2.28. The Morgan fingerprint density at radius 2 is 1.94 bits per heavy atom. The van der Waals surface area contributed by atoms with Crippen molar-refractivity contribution in [1.29, 1.82) is 0 Å². The van der Waals surface area contributed by atoms with Gasteiger partial charge in [-0.25, -0.2) is 4.39 Å². The summed E-state index contributed by atoms with van der Waals surface area (Å²) in [6, 6.07) is 6.21. The van der Waals surface area contributed by atoms with Gasteiger partial charge in [0, 0.05) is 25.3 Å². The summed E-state index contributed by atoms with van der Waals surface area (Å²) in [4.78, 5) is 1.88. The quantitative estimate of drug-likeness (QED) is 0.906. The summed E-state index contributed by atoms with van der Waals surface area (Å²) in [5.74, 6) is 0.539. The maximum atomic E-state index is 12.9. The van der Waals surface area contributed by atoms with Crippen LogP contribution in [-0.2, 0) is 13.7 Å². The summed E-state index contributed by atoms with van der Waals surface area (Å²) < 4.78 is 14.6. The van der Waals surface area contributed by atoms with E-state index in [1.54, 1.807) is 16.8 Å². The van der Waals surface area contributed by atoms with E-state index in [4.69, 9.17) is 0 Å². The van der Waals surface area contributed by atoms with Gasteiger partial charge in [-0.2, -0.15) is 5.10 Å². The minimum Gasteiger partial charge on any atom is -0.391 e. The number of hydrogen-bond acceptors (Lipinski definition) is 3. The normalized spacial score (nSPS) is 10.7. The highest BCUT2D eigenvalue weighted by atomic mass is 19.1. The molecule has 4 nitrogen and oxygen atoms in total. The Bertz CT molecular complexity index is 548. The number of halogens is 1. The summed E-state index contributed by atoms with van der Waals surface area (Å²) in [5.41, 5.74) is 2.42. The molecule has 96 valence electrons. The Hall–Kier alpha value is -1.88. The van der Waals surface area contributed by atoms with Gasteiger partial charge in [0.2, 0.25) is 0 Å². The summed E-state index contributed by atoms with van der Waals surface area (Å²) in [6.07, 6.45) is 0. The third-order valence-electron chi connectivity index (χ3n) is 3.00. The van der Waals surface area contributed by atoms with E-state index in [-0.39, 0.29) is 12.4 Å². The van der Waals surface area contributed by atoms with E-state index in [1.807, 2.05) is 25.9 Å². The fourth-order valence-electron chi connectivity index (χ4n) is 2.08. The van der Waals surface area contributed by atoms with E-state index in [1.165, 1.54) is 12.1 Å². The molecule has 18 heavy (non-hydrogen) atoms. The lowest BCUT2D eigenvalue weighted by Crippen LogP contribution is -2.15. The third-order valence-corrected chi connectivity index (χ3v) is 3.00. The summed E-state index contributed by atoms with van der Waals surface area (Å²) >= 11 is 0. The van der Waals surface area contributed by atoms with Gasteiger partial charge in [0.1, 0.15) is 11.6 Å². The van der Waals surface area contributed by atoms with Crippen LogP contribution in [0.2, 0.25) is 0 Å². The monoisotopic (exact) mass is 249 g/mol. The predicted octanol–water partition coefficient (Wildman–Crippen LogP) is 2.13. The van der Waals surface area contributed by atoms with Gasteiger partial charge in [-0.05, 0) is 31.2 Å². The highest BCUT2D eigenvalue weighted by molar-refractivity contribution is 5.63. The fourth-order valence-corrected chi connectivity index (χ4v) is 2.08. The zero-order chi connectivity index (χ0) is 13.3. The average molecular weight is 249 g/mol. The zero-order valence-electron chi connectivity index (χ0n) is 10.7. The molecule has 1 heterocycles. The Morgan fingerprint density at radius 1 is 1.33 bits per heavy atom. The molecular weight excluding hydrogens is 233 g/mol. The van der Waals surface area contributed by atoms with Crippen molar-refractivity contribution in [3.63, 3.8) is 0 Å². The molecule has 0 amide bonds. The first-order valence-corrected chi connectivity index (χ1v) is 5.67. The molecule has 0 aliphatic heterocycles. The number of anilines is 2. The molecule has 0 radical (unpaired) electrons. The first-order chi connectivity index (χ1) is 8.54. The van der Waals surface area contributed by atoms with Crippen LogP contribution >= 0.6 is 0 Å². The fraction of sp³-hybridized carbons (Fsp3) is 0.308. The average Bonchev–Trinajstić information content (AvgIpc) is 2.63. The lowest BCUT2D eigenvalue weighted by molar-refractivity contribution is 0.281. The van der Waals surface area contributed by atoms with Crippen molar-refractivity contribution >= 4 is 11.5 Å². The number of aliphatic hydroxyl groups is 1. The zero-order valence-corrected chi connectivity index (χ0v) is 10.7. The molecule has 0 aliphatic rings. The Kier molecular flexibility index (Phi) is 3.34. The molecule has 0 saturated carbocycles. The minimum atomic E-state index is -0.268. The molecule has 0 atom stereocenters. The maximum Gasteiger partial charge on any atom is 0.136 e. The molecule has 0 unspecified atom stereocenters. The molecule has 2 rings (SSSR count). The largest absolute Gasteiger partial charge is 0.391 e. The molecule has 0 aliphatic carbocycles. The SMILES string of the molecule is Cc1nn(C)c(N(C)c2ccc(F)cc2)c1CO. The second-order valence-corrected chi connectivity index (χ2v) is 4.20. The number of aliphatic hydroxyl groups excluding tert-OH is 1. The highest BCUT2D eigenvalue weighted by Gasteiger charge is 2.17. The van der Waals surface area contributed by atoms with Crippen LogP contribution in [0.15, 0.2) is 24.3 Å². The van der Waals surface area contributed by atoms with E-state index in [0.717, 1.165) is 22.8 Å². The van der Waals surface area contributed by atoms with Gasteiger partial charge in [-0.15, -0.1) is 0 Å². The Labute approximate surface area is 105 Å². The van der Waals surface area contributed by atoms with Gasteiger partial charge in [-0.3, -0.25) is 4.68 Å². The first-order valence-electron chi connectivity index (χ1n) is 5.67. The van der Waals surface area contributed by atoms with Crippen LogP contribution in [0.25, 0.3) is 0 Å². The van der Waals surface area contributed by atoms with Gasteiger partial charge in [0.25, 0.3) is 0 Å². The van der Waals surface area contributed by atoms with E-state index in [9.17, 15) is 9.50 Å². The van der Waals surface area contributed by atoms with Crippen molar-refractivity contribution in [1.82, 2.24) is 9.78 Å². The molecule has 1 N–H and O–H groups in total. The van der Waals surface area contributed by atoms with Crippen molar-refractivity contribution < 1.29 is 9.50 Å². The van der Waals surface area contributed by atoms with Crippen molar-refractivity contribution in [2.75, 3.05) is 11.9 Å². The third kappa shape index (κ3) is 2.09. The number of hydrogen-bond donors (Lipinski definition) is 1. The standard InChI is InChI=1S/C13H16FN3O/c1-9-12(8-18)13(17(3)15-9)16(2)11-6-4-10(14)5-7-11/h4-7,18H,8H2,1-3H3. The van der Waals surface area contributed by atoms with E-state index >= 15 is 0 Å². The molecule has 0 bridgehead atoms. The second-order valence-electron chi connectivity index (χ2n) is 4.20. The van der Waals surface area contributed by atoms with Crippen molar-refractivity contribution in [2.24, 2.45) is 7.05 Å². The summed E-state index contributed by atoms with van der Waals surface area (Å²) in [6.45, 7) is 1.79. The minimum absolute atomic E-state index is 0.0689. The van der Waals surface area contributed by atoms with Crippen LogP contribution < -0.4 is 4.90 Å². The van der Waals surface area contributed by atoms with Crippen molar-refractivity contribution in [3.05, 3.63) is 41.3 Å². The number of aromatic nitrogens is 2. The summed E-state index contributed by atoms with van der Waals surface area (Å²) in [5, 5.41) is 13.7. The van der Waals surface area contributed by atoms with Crippen LogP contribution in [0.3, 0.4) is 0 Å². The molecule has 5 heteroatoms. The molecule has 0 fully saturated rings. The van der Waals surface area contributed by atoms with Crippen LogP contribution in [-0.4, -0.2) is 21.9 Å². The molecule has 0 saturated heterocycles. The molecular formula is C13H16FN3O. The van der Waals surface area contributed by atoms with Gasteiger partial charge < -0.3 is 10.0 Å². The smallest absolute Gasteiger partial charge is 0.136 e. The molecule has 1 aromatic heterocycles. The number of aryl methyl sites for hydroxylation is 2. The van der Waals surface area contributed by atoms with Gasteiger partial charge >= 0.3 is 0 Å². The summed E-state index contributed by atoms with van der Waals surface area (Å²) in [7, 11) is 3.68. The van der Waals surface area contributed by atoms with E-state index in [2.05, 4.69) is 5.10 Å². The topological polar surface area (TPSA) is 41.3 Å². The molecule has 2 aromatic rings.